The fourth-order valence-electron chi connectivity index (χ4n) is 3.07. The highest BCUT2D eigenvalue weighted by Gasteiger charge is 2.06. The van der Waals surface area contributed by atoms with Crippen molar-refractivity contribution in [3.63, 3.8) is 0 Å². The van der Waals surface area contributed by atoms with Gasteiger partial charge in [0.2, 0.25) is 5.91 Å². The molecule has 6 nitrogen and oxygen atoms in total. The Morgan fingerprint density at radius 3 is 2.54 bits per heavy atom. The van der Waals surface area contributed by atoms with E-state index in [2.05, 4.69) is 29.5 Å². The summed E-state index contributed by atoms with van der Waals surface area (Å²) in [6, 6.07) is 15.2. The van der Waals surface area contributed by atoms with Crippen molar-refractivity contribution >= 4 is 22.5 Å². The van der Waals surface area contributed by atoms with Crippen LogP contribution in [0.15, 0.2) is 53.3 Å². The molecule has 1 heterocycles. The van der Waals surface area contributed by atoms with Gasteiger partial charge in [-0.2, -0.15) is 0 Å². The summed E-state index contributed by atoms with van der Waals surface area (Å²) in [6.07, 6.45) is 2.86. The van der Waals surface area contributed by atoms with Crippen molar-refractivity contribution < 1.29 is 4.79 Å². The van der Waals surface area contributed by atoms with Crippen molar-refractivity contribution in [3.8, 4) is 0 Å². The molecule has 1 aromatic heterocycles. The van der Waals surface area contributed by atoms with Gasteiger partial charge in [0.25, 0.3) is 5.56 Å². The maximum absolute atomic E-state index is 12.4. The molecule has 0 spiro atoms. The third kappa shape index (κ3) is 5.03. The van der Waals surface area contributed by atoms with Gasteiger partial charge in [-0.1, -0.05) is 49.7 Å². The standard InChI is InChI=1S/C22H26N4O2/c1-16(2)17-11-13-18(14-12-17)23-21(27)10-4-3-7-15-26-22(28)19-8-5-6-9-20(19)24-25-26/h5-6,8-9,11-14,16H,3-4,7,10,15H2,1-2H3,(H,23,27). The normalized spacial score (nSPS) is 11.1. The van der Waals surface area contributed by atoms with Crippen LogP contribution in [0.4, 0.5) is 5.69 Å². The summed E-state index contributed by atoms with van der Waals surface area (Å²) in [5, 5.41) is 11.6. The van der Waals surface area contributed by atoms with E-state index >= 15 is 0 Å². The molecule has 0 bridgehead atoms. The number of nitrogens with one attached hydrogen (secondary N) is 1. The van der Waals surface area contributed by atoms with E-state index in [0.29, 0.717) is 29.8 Å². The topological polar surface area (TPSA) is 76.9 Å². The number of nitrogens with zero attached hydrogens (tertiary/aromatic N) is 3. The van der Waals surface area contributed by atoms with Crippen molar-refractivity contribution in [2.45, 2.75) is 52.0 Å². The Labute approximate surface area is 164 Å². The van der Waals surface area contributed by atoms with Gasteiger partial charge in [0.15, 0.2) is 0 Å². The molecule has 0 unspecified atom stereocenters. The molecule has 0 aliphatic rings. The first-order valence-corrected chi connectivity index (χ1v) is 9.77. The maximum atomic E-state index is 12.4. The van der Waals surface area contributed by atoms with E-state index in [1.54, 1.807) is 12.1 Å². The first-order valence-electron chi connectivity index (χ1n) is 9.77. The van der Waals surface area contributed by atoms with E-state index in [1.807, 2.05) is 36.4 Å². The minimum Gasteiger partial charge on any atom is -0.326 e. The molecule has 0 aliphatic carbocycles. The zero-order valence-electron chi connectivity index (χ0n) is 16.4. The molecular weight excluding hydrogens is 352 g/mol. The summed E-state index contributed by atoms with van der Waals surface area (Å²) >= 11 is 0. The van der Waals surface area contributed by atoms with E-state index in [0.717, 1.165) is 24.9 Å². The second-order valence-electron chi connectivity index (χ2n) is 7.27. The summed E-state index contributed by atoms with van der Waals surface area (Å²) in [5.41, 5.74) is 2.58. The summed E-state index contributed by atoms with van der Waals surface area (Å²) in [4.78, 5) is 24.4. The molecule has 3 rings (SSSR count). The predicted molar refractivity (Wildman–Crippen MR) is 111 cm³/mol. The number of anilines is 1. The molecule has 6 heteroatoms. The number of hydrogen-bond donors (Lipinski definition) is 1. The number of hydrogen-bond acceptors (Lipinski definition) is 4. The Hall–Kier alpha value is -3.02. The molecular formula is C22H26N4O2. The lowest BCUT2D eigenvalue weighted by atomic mass is 10.0. The van der Waals surface area contributed by atoms with Crippen LogP contribution in [0.1, 0.15) is 51.0 Å². The molecule has 28 heavy (non-hydrogen) atoms. The first-order chi connectivity index (χ1) is 13.5. The van der Waals surface area contributed by atoms with Crippen LogP contribution in [-0.4, -0.2) is 20.9 Å². The lowest BCUT2D eigenvalue weighted by molar-refractivity contribution is -0.116. The lowest BCUT2D eigenvalue weighted by Gasteiger charge is -2.08. The van der Waals surface area contributed by atoms with Gasteiger partial charge in [-0.15, -0.1) is 5.10 Å². The Kier molecular flexibility index (Phi) is 6.53. The van der Waals surface area contributed by atoms with Gasteiger partial charge in [0.1, 0.15) is 5.52 Å². The second-order valence-corrected chi connectivity index (χ2v) is 7.27. The highest BCUT2D eigenvalue weighted by atomic mass is 16.1. The average molecular weight is 378 g/mol. The number of unbranched alkanes of at least 4 members (excludes halogenated alkanes) is 2. The van der Waals surface area contributed by atoms with E-state index in [9.17, 15) is 9.59 Å². The quantitative estimate of drug-likeness (QED) is 0.598. The molecule has 0 atom stereocenters. The predicted octanol–water partition coefficient (Wildman–Crippen LogP) is 4.11. The molecule has 0 fully saturated rings. The Balaban J connectivity index is 1.41. The van der Waals surface area contributed by atoms with Crippen LogP contribution < -0.4 is 10.9 Å². The summed E-state index contributed by atoms with van der Waals surface area (Å²) in [6.45, 7) is 4.80. The van der Waals surface area contributed by atoms with Gasteiger partial charge >= 0.3 is 0 Å². The van der Waals surface area contributed by atoms with Crippen LogP contribution in [0.25, 0.3) is 10.9 Å². The highest BCUT2D eigenvalue weighted by molar-refractivity contribution is 5.90. The molecule has 1 amide bonds. The number of carbonyl (C=O) groups is 1. The number of aromatic nitrogens is 3. The summed E-state index contributed by atoms with van der Waals surface area (Å²) in [5.74, 6) is 0.490. The number of amides is 1. The molecule has 0 radical (unpaired) electrons. The lowest BCUT2D eigenvalue weighted by Crippen LogP contribution is -2.24. The van der Waals surface area contributed by atoms with Crippen LogP contribution in [0, 0.1) is 0 Å². The third-order valence-electron chi connectivity index (χ3n) is 4.76. The van der Waals surface area contributed by atoms with Crippen molar-refractivity contribution in [2.75, 3.05) is 5.32 Å². The van der Waals surface area contributed by atoms with Gasteiger partial charge in [-0.25, -0.2) is 4.68 Å². The highest BCUT2D eigenvalue weighted by Crippen LogP contribution is 2.17. The Morgan fingerprint density at radius 2 is 1.79 bits per heavy atom. The van der Waals surface area contributed by atoms with E-state index in [-0.39, 0.29) is 11.5 Å². The fourth-order valence-corrected chi connectivity index (χ4v) is 3.07. The monoisotopic (exact) mass is 378 g/mol. The third-order valence-corrected chi connectivity index (χ3v) is 4.76. The maximum Gasteiger partial charge on any atom is 0.277 e. The van der Waals surface area contributed by atoms with Crippen LogP contribution in [0.2, 0.25) is 0 Å². The van der Waals surface area contributed by atoms with Crippen LogP contribution >= 0.6 is 0 Å². The van der Waals surface area contributed by atoms with E-state index in [4.69, 9.17) is 0 Å². The molecule has 2 aromatic carbocycles. The average Bonchev–Trinajstić information content (AvgIpc) is 2.70. The largest absolute Gasteiger partial charge is 0.326 e. The number of fused-ring (bicyclic) bond motifs is 1. The van der Waals surface area contributed by atoms with Crippen LogP contribution in [-0.2, 0) is 11.3 Å². The van der Waals surface area contributed by atoms with Gasteiger partial charge in [0.05, 0.1) is 5.39 Å². The number of benzene rings is 2. The second kappa shape index (κ2) is 9.26. The molecule has 0 saturated heterocycles. The molecule has 0 saturated carbocycles. The minimum absolute atomic E-state index is 0.0139. The zero-order valence-corrected chi connectivity index (χ0v) is 16.4. The van der Waals surface area contributed by atoms with Crippen LogP contribution in [0.5, 0.6) is 0 Å². The number of aryl methyl sites for hydroxylation is 1. The van der Waals surface area contributed by atoms with Crippen LogP contribution in [0.3, 0.4) is 0 Å². The van der Waals surface area contributed by atoms with Crippen molar-refractivity contribution in [1.82, 2.24) is 15.0 Å². The molecule has 146 valence electrons. The van der Waals surface area contributed by atoms with Gasteiger partial charge in [-0.05, 0) is 48.6 Å². The molecule has 1 N–H and O–H groups in total. The molecule has 0 aliphatic heterocycles. The number of carbonyl (C=O) groups excluding carboxylic acids is 1. The summed E-state index contributed by atoms with van der Waals surface area (Å²) in [7, 11) is 0. The van der Waals surface area contributed by atoms with E-state index in [1.165, 1.54) is 10.2 Å². The molecule has 3 aromatic rings. The van der Waals surface area contributed by atoms with Gasteiger partial charge in [-0.3, -0.25) is 9.59 Å². The van der Waals surface area contributed by atoms with E-state index < -0.39 is 0 Å². The van der Waals surface area contributed by atoms with Crippen molar-refractivity contribution in [1.29, 1.82) is 0 Å². The summed E-state index contributed by atoms with van der Waals surface area (Å²) < 4.78 is 1.40. The van der Waals surface area contributed by atoms with Crippen molar-refractivity contribution in [2.24, 2.45) is 0 Å². The SMILES string of the molecule is CC(C)c1ccc(NC(=O)CCCCCn2nnc3ccccc3c2=O)cc1. The van der Waals surface area contributed by atoms with Gasteiger partial charge in [0, 0.05) is 18.7 Å². The fraction of sp³-hybridized carbons (Fsp3) is 0.364. The minimum atomic E-state index is -0.117. The van der Waals surface area contributed by atoms with Crippen molar-refractivity contribution in [3.05, 3.63) is 64.4 Å². The zero-order chi connectivity index (χ0) is 19.9. The van der Waals surface area contributed by atoms with Gasteiger partial charge < -0.3 is 5.32 Å². The number of rotatable bonds is 8. The Morgan fingerprint density at radius 1 is 1.04 bits per heavy atom. The smallest absolute Gasteiger partial charge is 0.277 e. The Bertz CT molecular complexity index is 993. The first kappa shape index (κ1) is 19.7.